The van der Waals surface area contributed by atoms with Crippen molar-refractivity contribution in [1.82, 2.24) is 40.0 Å². The Hall–Kier alpha value is -6.53. The number of imide groups is 1. The number of benzene rings is 2. The summed E-state index contributed by atoms with van der Waals surface area (Å²) >= 11 is 0. The van der Waals surface area contributed by atoms with Crippen molar-refractivity contribution < 1.29 is 34.8 Å². The zero-order chi connectivity index (χ0) is 39.1. The van der Waals surface area contributed by atoms with Crippen LogP contribution in [0.25, 0.3) is 11.2 Å². The minimum Gasteiger partial charge on any atom is -0.508 e. The molecule has 1 aliphatic carbocycles. The summed E-state index contributed by atoms with van der Waals surface area (Å²) in [6, 6.07) is 13.4. The molecule has 5 aromatic rings. The van der Waals surface area contributed by atoms with E-state index >= 15 is 0 Å². The minimum absolute atomic E-state index is 0.0489. The number of amides is 5. The molecule has 1 saturated carbocycles. The number of imidazole rings is 1. The third-order valence-corrected chi connectivity index (χ3v) is 10.7. The molecule has 56 heavy (non-hydrogen) atoms. The molecule has 0 radical (unpaired) electrons. The number of rotatable bonds is 10. The number of nitrogens with zero attached hydrogens (tertiary/aromatic N) is 7. The summed E-state index contributed by atoms with van der Waals surface area (Å²) in [5.74, 6) is 0.211. The number of aromatic nitrogens is 5. The number of hydrogen-bond acceptors (Lipinski definition) is 13. The highest BCUT2D eigenvalue weighted by Crippen LogP contribution is 2.38. The van der Waals surface area contributed by atoms with Crippen LogP contribution in [0, 0.1) is 0 Å². The maximum Gasteiger partial charge on any atom is 0.325 e. The highest BCUT2D eigenvalue weighted by atomic mass is 16.3. The number of fused-ring (bicyclic) bond motifs is 1. The fraction of sp³-hybridized carbons (Fsp3) is 0.342. The average Bonchev–Trinajstić information content (AvgIpc) is 3.96. The van der Waals surface area contributed by atoms with E-state index in [1.54, 1.807) is 60.3 Å². The SMILES string of the molecule is CC1NC(=O)N([C@H]2C[C@@H](n3cnc4c(NCC(c5ccc(O)cc5)c5ccc(O)cc5)nc(N5CCC(NC(=O)Nc6cccnc6)C5)nc43)[C@H](O)[C@@H]2O)C1=O. The van der Waals surface area contributed by atoms with Crippen LogP contribution in [0.15, 0.2) is 79.4 Å². The Morgan fingerprint density at radius 2 is 1.66 bits per heavy atom. The van der Waals surface area contributed by atoms with Crippen LogP contribution in [-0.4, -0.2) is 118 Å². The predicted octanol–water partition coefficient (Wildman–Crippen LogP) is 2.25. The maximum atomic E-state index is 12.9. The van der Waals surface area contributed by atoms with Gasteiger partial charge in [-0.3, -0.25) is 14.7 Å². The van der Waals surface area contributed by atoms with Gasteiger partial charge in [-0.25, -0.2) is 14.6 Å². The van der Waals surface area contributed by atoms with Crippen molar-refractivity contribution in [2.45, 2.75) is 62.1 Å². The van der Waals surface area contributed by atoms with Gasteiger partial charge in [0, 0.05) is 37.8 Å². The number of aromatic hydroxyl groups is 2. The molecule has 8 N–H and O–H groups in total. The smallest absolute Gasteiger partial charge is 0.325 e. The number of aliphatic hydroxyl groups excluding tert-OH is 2. The van der Waals surface area contributed by atoms with Gasteiger partial charge in [0.25, 0.3) is 5.91 Å². The van der Waals surface area contributed by atoms with Crippen molar-refractivity contribution in [1.29, 1.82) is 0 Å². The first kappa shape index (κ1) is 36.4. The standard InChI is InChI=1S/C38H41N11O7/c1-20-35(54)49(38(56)42-20)29-15-28(31(52)32(29)53)48-19-41-30-33(40-17-27(21-4-8-25(50)9-5-21)22-6-10-26(51)11-7-22)45-36(46-34(30)48)47-14-12-24(18-47)44-37(55)43-23-3-2-13-39-16-23/h2-11,13,16,19-20,24,27-29,31-32,50-53H,12,14-15,17-18H2,1H3,(H,42,56)(H,40,45,46)(H2,43,44,55)/t20?,24?,28-,29+,31+,32-/m1/s1. The van der Waals surface area contributed by atoms with Gasteiger partial charge in [-0.1, -0.05) is 24.3 Å². The monoisotopic (exact) mass is 763 g/mol. The quantitative estimate of drug-likeness (QED) is 0.0954. The molecule has 6 atom stereocenters. The van der Waals surface area contributed by atoms with Crippen LogP contribution in [0.1, 0.15) is 42.9 Å². The Labute approximate surface area is 320 Å². The topological polar surface area (TPSA) is 243 Å². The highest BCUT2D eigenvalue weighted by Gasteiger charge is 2.51. The van der Waals surface area contributed by atoms with Gasteiger partial charge in [0.1, 0.15) is 29.7 Å². The van der Waals surface area contributed by atoms with Gasteiger partial charge >= 0.3 is 12.1 Å². The molecule has 0 bridgehead atoms. The van der Waals surface area contributed by atoms with Gasteiger partial charge in [-0.05, 0) is 67.3 Å². The zero-order valence-corrected chi connectivity index (χ0v) is 30.2. The van der Waals surface area contributed by atoms with Crippen LogP contribution in [0.3, 0.4) is 0 Å². The molecule has 5 heterocycles. The van der Waals surface area contributed by atoms with E-state index in [2.05, 4.69) is 31.2 Å². The first-order valence-electron chi connectivity index (χ1n) is 18.3. The molecule has 2 aliphatic heterocycles. The summed E-state index contributed by atoms with van der Waals surface area (Å²) in [5, 5.41) is 54.4. The Morgan fingerprint density at radius 3 is 2.30 bits per heavy atom. The van der Waals surface area contributed by atoms with Crippen molar-refractivity contribution in [2.75, 3.05) is 35.2 Å². The Bertz CT molecular complexity index is 2190. The summed E-state index contributed by atoms with van der Waals surface area (Å²) in [4.78, 5) is 59.9. The number of phenols is 2. The lowest BCUT2D eigenvalue weighted by Crippen LogP contribution is -2.47. The minimum atomic E-state index is -1.42. The normalized spacial score (nSPS) is 23.6. The summed E-state index contributed by atoms with van der Waals surface area (Å²) in [5.41, 5.74) is 3.05. The van der Waals surface area contributed by atoms with E-state index in [0.717, 1.165) is 16.0 Å². The summed E-state index contributed by atoms with van der Waals surface area (Å²) in [7, 11) is 0. The average molecular weight is 764 g/mol. The van der Waals surface area contributed by atoms with Gasteiger partial charge in [0.2, 0.25) is 5.95 Å². The molecule has 290 valence electrons. The van der Waals surface area contributed by atoms with Crippen LogP contribution in [0.2, 0.25) is 0 Å². The lowest BCUT2D eigenvalue weighted by Gasteiger charge is -2.24. The van der Waals surface area contributed by atoms with Crippen LogP contribution in [0.4, 0.5) is 27.0 Å². The van der Waals surface area contributed by atoms with E-state index < -0.39 is 42.3 Å². The molecule has 3 aliphatic rings. The molecule has 2 saturated heterocycles. The fourth-order valence-electron chi connectivity index (χ4n) is 7.76. The van der Waals surface area contributed by atoms with Gasteiger partial charge < -0.3 is 51.2 Å². The second kappa shape index (κ2) is 15.0. The van der Waals surface area contributed by atoms with Crippen molar-refractivity contribution in [3.63, 3.8) is 0 Å². The number of aliphatic hydroxyl groups is 2. The first-order chi connectivity index (χ1) is 27.0. The Balaban J connectivity index is 1.11. The van der Waals surface area contributed by atoms with Gasteiger partial charge in [0.05, 0.1) is 30.3 Å². The highest BCUT2D eigenvalue weighted by molar-refractivity contribution is 6.04. The van der Waals surface area contributed by atoms with Crippen molar-refractivity contribution in [2.24, 2.45) is 0 Å². The lowest BCUT2D eigenvalue weighted by atomic mass is 9.91. The largest absolute Gasteiger partial charge is 0.508 e. The second-order valence-electron chi connectivity index (χ2n) is 14.3. The second-order valence-corrected chi connectivity index (χ2v) is 14.3. The van der Waals surface area contributed by atoms with E-state index in [9.17, 15) is 34.8 Å². The molecule has 18 nitrogen and oxygen atoms in total. The third-order valence-electron chi connectivity index (χ3n) is 10.7. The zero-order valence-electron chi connectivity index (χ0n) is 30.2. The molecular weight excluding hydrogens is 722 g/mol. The van der Waals surface area contributed by atoms with E-state index in [-0.39, 0.29) is 35.9 Å². The van der Waals surface area contributed by atoms with Crippen LogP contribution >= 0.6 is 0 Å². The van der Waals surface area contributed by atoms with Crippen molar-refractivity contribution in [3.05, 3.63) is 90.5 Å². The molecule has 18 heteroatoms. The van der Waals surface area contributed by atoms with Crippen LogP contribution in [-0.2, 0) is 4.79 Å². The van der Waals surface area contributed by atoms with Crippen LogP contribution in [0.5, 0.6) is 11.5 Å². The number of carbonyl (C=O) groups is 3. The van der Waals surface area contributed by atoms with Gasteiger partial charge in [0.15, 0.2) is 17.0 Å². The van der Waals surface area contributed by atoms with Crippen molar-refractivity contribution in [3.8, 4) is 11.5 Å². The lowest BCUT2D eigenvalue weighted by molar-refractivity contribution is -0.130. The Kier molecular flexibility index (Phi) is 9.73. The van der Waals surface area contributed by atoms with Crippen LogP contribution < -0.4 is 26.2 Å². The molecule has 2 unspecified atom stereocenters. The molecule has 5 amide bonds. The molecular formula is C38H41N11O7. The van der Waals surface area contributed by atoms with E-state index in [1.807, 2.05) is 29.2 Å². The van der Waals surface area contributed by atoms with Gasteiger partial charge in [-0.15, -0.1) is 0 Å². The number of nitrogens with one attached hydrogen (secondary N) is 4. The summed E-state index contributed by atoms with van der Waals surface area (Å²) in [6.45, 7) is 2.77. The van der Waals surface area contributed by atoms with E-state index in [1.165, 1.54) is 6.33 Å². The van der Waals surface area contributed by atoms with Gasteiger partial charge in [-0.2, -0.15) is 9.97 Å². The number of pyridine rings is 1. The van der Waals surface area contributed by atoms with Crippen molar-refractivity contribution >= 4 is 46.6 Å². The predicted molar refractivity (Wildman–Crippen MR) is 203 cm³/mol. The number of anilines is 3. The summed E-state index contributed by atoms with van der Waals surface area (Å²) < 4.78 is 1.64. The molecule has 0 spiro atoms. The molecule has 2 aromatic carbocycles. The first-order valence-corrected chi connectivity index (χ1v) is 18.3. The number of urea groups is 2. The fourth-order valence-corrected chi connectivity index (χ4v) is 7.76. The third kappa shape index (κ3) is 7.06. The number of carbonyl (C=O) groups excluding carboxylic acids is 3. The number of hydrogen-bond donors (Lipinski definition) is 8. The maximum absolute atomic E-state index is 12.9. The Morgan fingerprint density at radius 1 is 0.964 bits per heavy atom. The molecule has 3 fully saturated rings. The number of phenolic OH excluding ortho intramolecular Hbond substituents is 2. The molecule has 3 aromatic heterocycles. The van der Waals surface area contributed by atoms with E-state index in [4.69, 9.17) is 9.97 Å². The summed E-state index contributed by atoms with van der Waals surface area (Å²) in [6.07, 6.45) is 2.54. The van der Waals surface area contributed by atoms with E-state index in [0.29, 0.717) is 54.7 Å². The molecule has 8 rings (SSSR count).